The van der Waals surface area contributed by atoms with E-state index in [2.05, 4.69) is 24.5 Å². The van der Waals surface area contributed by atoms with Crippen LogP contribution in [0.1, 0.15) is 206 Å². The Morgan fingerprint density at radius 3 is 1.55 bits per heavy atom. The Hall–Kier alpha value is -1.44. The molecule has 0 aromatic rings. The molecule has 13 nitrogen and oxygen atoms in total. The lowest BCUT2D eigenvalue weighted by molar-refractivity contribution is -0.161. The number of Topliss-reactive ketones (excluding diaryl/α,β-unsaturated/α-hetero) is 1. The molecule has 0 heterocycles. The number of hydrogen-bond acceptors (Lipinski definition) is 13. The first kappa shape index (κ1) is 58.6. The Bertz CT molecular complexity index is 1040. The monoisotopic (exact) mass is 877 g/mol. The minimum atomic E-state index is -4.06. The molecule has 0 aliphatic rings. The number of unbranched alkanes of at least 4 members (excludes halogenated alkanes) is 20. The molecule has 6 N–H and O–H groups in total. The summed E-state index contributed by atoms with van der Waals surface area (Å²) in [5, 5.41) is 6.67. The third kappa shape index (κ3) is 38.3. The van der Waals surface area contributed by atoms with E-state index in [1.807, 2.05) is 0 Å². The number of ketones is 1. The first-order valence-electron chi connectivity index (χ1n) is 24.4. The average molecular weight is 877 g/mol. The lowest BCUT2D eigenvalue weighted by Gasteiger charge is -2.21. The first-order valence-corrected chi connectivity index (χ1v) is 25.9. The Morgan fingerprint density at radius 2 is 1.03 bits per heavy atom. The topological polar surface area (TPSA) is 191 Å². The highest BCUT2D eigenvalue weighted by Crippen LogP contribution is 2.48. The number of carbonyl (C=O) groups is 3. The van der Waals surface area contributed by atoms with Crippen molar-refractivity contribution in [1.82, 2.24) is 10.6 Å². The van der Waals surface area contributed by atoms with Gasteiger partial charge in [-0.3, -0.25) is 28.0 Å². The Balaban J connectivity index is 4.94. The number of ether oxygens (including phenoxy) is 2. The zero-order valence-electron chi connectivity index (χ0n) is 38.8. The number of carbonyl (C=O) groups excluding carboxylic acids is 3. The third-order valence-electron chi connectivity index (χ3n) is 10.7. The van der Waals surface area contributed by atoms with Gasteiger partial charge in [-0.2, -0.15) is 0 Å². The fraction of sp³-hybridized carbons (Fsp3) is 0.935. The molecule has 3 atom stereocenters. The van der Waals surface area contributed by atoms with Crippen molar-refractivity contribution in [3.05, 3.63) is 0 Å². The highest BCUT2D eigenvalue weighted by atomic mass is 31.2. The van der Waals surface area contributed by atoms with Gasteiger partial charge in [-0.15, -0.1) is 0 Å². The number of esters is 2. The molecule has 0 saturated carbocycles. The van der Waals surface area contributed by atoms with E-state index in [4.69, 9.17) is 34.5 Å². The molecule has 0 aromatic carbocycles. The van der Waals surface area contributed by atoms with Crippen molar-refractivity contribution in [1.29, 1.82) is 0 Å². The molecule has 0 bridgehead atoms. The van der Waals surface area contributed by atoms with Crippen molar-refractivity contribution < 1.29 is 42.0 Å². The molecule has 0 fully saturated rings. The summed E-state index contributed by atoms with van der Waals surface area (Å²) in [5.41, 5.74) is 11.2. The molecule has 0 saturated heterocycles. The SMILES string of the molecule is CCCCCCCCCCCCCC(=O)OCC(COP(=O)(OC)OCCCC(=O)C(CCCNCCCN)NCCCN)OC(=O)CCCCCCCCCCCCC. The van der Waals surface area contributed by atoms with Crippen LogP contribution in [0.25, 0.3) is 0 Å². The maximum atomic E-state index is 13.4. The molecule has 0 aliphatic heterocycles. The molecule has 0 aromatic heterocycles. The highest BCUT2D eigenvalue weighted by molar-refractivity contribution is 7.48. The summed E-state index contributed by atoms with van der Waals surface area (Å²) in [6.07, 6.45) is 29.2. The van der Waals surface area contributed by atoms with Crippen LogP contribution in [0, 0.1) is 0 Å². The highest BCUT2D eigenvalue weighted by Gasteiger charge is 2.29. The molecule has 356 valence electrons. The van der Waals surface area contributed by atoms with Crippen LogP contribution >= 0.6 is 7.82 Å². The van der Waals surface area contributed by atoms with Gasteiger partial charge in [0.1, 0.15) is 12.4 Å². The summed E-state index contributed by atoms with van der Waals surface area (Å²) in [5.74, 6) is -0.744. The predicted molar refractivity (Wildman–Crippen MR) is 245 cm³/mol. The Morgan fingerprint density at radius 1 is 0.550 bits per heavy atom. The number of phosphoric ester groups is 1. The average Bonchev–Trinajstić information content (AvgIpc) is 3.24. The van der Waals surface area contributed by atoms with Gasteiger partial charge in [0.05, 0.1) is 19.3 Å². The summed E-state index contributed by atoms with van der Waals surface area (Å²) >= 11 is 0. The van der Waals surface area contributed by atoms with Crippen LogP contribution in [0.2, 0.25) is 0 Å². The second-order valence-electron chi connectivity index (χ2n) is 16.4. The van der Waals surface area contributed by atoms with E-state index in [0.29, 0.717) is 38.9 Å². The molecular formula is C46H93N4O9P. The standard InChI is InChI=1S/C46H93N4O9P/c1-4-6-8-10-12-14-16-18-20-22-24-32-45(52)56-40-42(59-46(53)33-25-23-21-19-17-15-13-11-9-7-5-2)41-58-60(54,55-3)57-39-27-31-44(51)43(50-38-29-35-48)30-26-36-49-37-28-34-47/h42-43,49-50H,4-41,47-48H2,1-3H3. The van der Waals surface area contributed by atoms with Crippen LogP contribution in [0.4, 0.5) is 0 Å². The number of nitrogens with two attached hydrogens (primary N) is 2. The predicted octanol–water partition coefficient (Wildman–Crippen LogP) is 10.0. The summed E-state index contributed by atoms with van der Waals surface area (Å²) in [7, 11) is -2.85. The van der Waals surface area contributed by atoms with Crippen molar-refractivity contribution in [3.8, 4) is 0 Å². The van der Waals surface area contributed by atoms with E-state index in [1.165, 1.54) is 103 Å². The minimum Gasteiger partial charge on any atom is -0.462 e. The Labute approximate surface area is 367 Å². The van der Waals surface area contributed by atoms with Crippen molar-refractivity contribution in [2.24, 2.45) is 11.5 Å². The molecule has 0 amide bonds. The summed E-state index contributed by atoms with van der Waals surface area (Å²) in [6.45, 7) is 7.34. The fourth-order valence-electron chi connectivity index (χ4n) is 6.94. The molecule has 3 unspecified atom stereocenters. The van der Waals surface area contributed by atoms with E-state index < -0.39 is 19.9 Å². The van der Waals surface area contributed by atoms with Crippen LogP contribution < -0.4 is 22.1 Å². The minimum absolute atomic E-state index is 0.0374. The zero-order valence-corrected chi connectivity index (χ0v) is 39.7. The van der Waals surface area contributed by atoms with Gasteiger partial charge in [-0.05, 0) is 77.7 Å². The number of phosphoric acid groups is 1. The maximum Gasteiger partial charge on any atom is 0.474 e. The van der Waals surface area contributed by atoms with Gasteiger partial charge in [0.15, 0.2) is 6.10 Å². The third-order valence-corrected chi connectivity index (χ3v) is 12.1. The van der Waals surface area contributed by atoms with E-state index in [-0.39, 0.29) is 56.9 Å². The zero-order chi connectivity index (χ0) is 44.2. The smallest absolute Gasteiger partial charge is 0.462 e. The van der Waals surface area contributed by atoms with Gasteiger partial charge in [0.2, 0.25) is 0 Å². The lowest BCUT2D eigenvalue weighted by atomic mass is 10.0. The van der Waals surface area contributed by atoms with Crippen LogP contribution in [-0.2, 0) is 42.0 Å². The van der Waals surface area contributed by atoms with Gasteiger partial charge in [-0.25, -0.2) is 4.57 Å². The molecule has 0 spiro atoms. The van der Waals surface area contributed by atoms with Gasteiger partial charge < -0.3 is 31.6 Å². The molecule has 0 radical (unpaired) electrons. The van der Waals surface area contributed by atoms with Crippen LogP contribution in [0.3, 0.4) is 0 Å². The Kier molecular flexibility index (Phi) is 43.1. The van der Waals surface area contributed by atoms with Crippen molar-refractivity contribution in [2.75, 3.05) is 59.7 Å². The van der Waals surface area contributed by atoms with Crippen molar-refractivity contribution in [3.63, 3.8) is 0 Å². The summed E-state index contributed by atoms with van der Waals surface area (Å²) in [4.78, 5) is 38.6. The van der Waals surface area contributed by atoms with E-state index >= 15 is 0 Å². The normalized spacial score (nSPS) is 13.6. The van der Waals surface area contributed by atoms with Gasteiger partial charge >= 0.3 is 19.8 Å². The van der Waals surface area contributed by atoms with E-state index in [0.717, 1.165) is 70.9 Å². The number of nitrogens with one attached hydrogen (secondary N) is 2. The van der Waals surface area contributed by atoms with Crippen LogP contribution in [0.5, 0.6) is 0 Å². The molecule has 60 heavy (non-hydrogen) atoms. The number of hydrogen-bond donors (Lipinski definition) is 4. The lowest BCUT2D eigenvalue weighted by Crippen LogP contribution is -2.38. The van der Waals surface area contributed by atoms with Crippen LogP contribution in [-0.4, -0.2) is 89.5 Å². The van der Waals surface area contributed by atoms with Gasteiger partial charge in [0.25, 0.3) is 0 Å². The van der Waals surface area contributed by atoms with Crippen molar-refractivity contribution >= 4 is 25.5 Å². The van der Waals surface area contributed by atoms with Gasteiger partial charge in [-0.1, -0.05) is 142 Å². The quantitative estimate of drug-likeness (QED) is 0.0257. The first-order chi connectivity index (χ1) is 29.2. The van der Waals surface area contributed by atoms with E-state index in [1.54, 1.807) is 0 Å². The second kappa shape index (κ2) is 44.2. The summed E-state index contributed by atoms with van der Waals surface area (Å²) < 4.78 is 40.9. The van der Waals surface area contributed by atoms with Gasteiger partial charge in [0, 0.05) is 26.4 Å². The largest absolute Gasteiger partial charge is 0.474 e. The second-order valence-corrected chi connectivity index (χ2v) is 18.2. The fourth-order valence-corrected chi connectivity index (χ4v) is 7.93. The maximum absolute atomic E-state index is 13.4. The summed E-state index contributed by atoms with van der Waals surface area (Å²) in [6, 6.07) is -0.309. The van der Waals surface area contributed by atoms with Crippen molar-refractivity contribution in [2.45, 2.75) is 219 Å². The molecule has 14 heteroatoms. The van der Waals surface area contributed by atoms with Crippen LogP contribution in [0.15, 0.2) is 0 Å². The molecule has 0 rings (SSSR count). The molecular weight excluding hydrogens is 783 g/mol. The number of rotatable bonds is 48. The molecule has 0 aliphatic carbocycles. The van der Waals surface area contributed by atoms with E-state index in [9.17, 15) is 18.9 Å².